The van der Waals surface area contributed by atoms with E-state index in [4.69, 9.17) is 10.5 Å². The predicted molar refractivity (Wildman–Crippen MR) is 71.3 cm³/mol. The molecule has 0 aromatic heterocycles. The number of rotatable bonds is 3. The molecule has 0 aromatic carbocycles. The van der Waals surface area contributed by atoms with E-state index in [0.29, 0.717) is 13.2 Å². The standard InChI is InChI=1S/C14H24N2O3/c1-2-19-14(18)10-5-4-8-16(9-10)13(17)11-6-3-7-12(11)15/h10-12H,2-9,15H2,1H3. The second-order valence-electron chi connectivity index (χ2n) is 5.58. The lowest BCUT2D eigenvalue weighted by Gasteiger charge is -2.34. The monoisotopic (exact) mass is 268 g/mol. The summed E-state index contributed by atoms with van der Waals surface area (Å²) in [6, 6.07) is -0.00419. The van der Waals surface area contributed by atoms with Gasteiger partial charge < -0.3 is 15.4 Å². The molecular weight excluding hydrogens is 244 g/mol. The minimum absolute atomic E-state index is 0.00419. The van der Waals surface area contributed by atoms with Crippen LogP contribution in [-0.2, 0) is 14.3 Å². The zero-order chi connectivity index (χ0) is 13.8. The lowest BCUT2D eigenvalue weighted by molar-refractivity contribution is -0.152. The quantitative estimate of drug-likeness (QED) is 0.772. The number of piperidine rings is 1. The fourth-order valence-electron chi connectivity index (χ4n) is 3.16. The van der Waals surface area contributed by atoms with Crippen molar-refractivity contribution < 1.29 is 14.3 Å². The van der Waals surface area contributed by atoms with Gasteiger partial charge in [-0.1, -0.05) is 6.42 Å². The van der Waals surface area contributed by atoms with E-state index in [2.05, 4.69) is 0 Å². The molecule has 5 heteroatoms. The van der Waals surface area contributed by atoms with Crippen molar-refractivity contribution in [2.75, 3.05) is 19.7 Å². The lowest BCUT2D eigenvalue weighted by atomic mass is 9.95. The first kappa shape index (κ1) is 14.3. The number of carbonyl (C=O) groups is 2. The number of carbonyl (C=O) groups excluding carboxylic acids is 2. The molecule has 3 unspecified atom stereocenters. The van der Waals surface area contributed by atoms with E-state index in [1.54, 1.807) is 6.92 Å². The molecule has 0 aromatic rings. The predicted octanol–water partition coefficient (Wildman–Crippen LogP) is 0.916. The third-order valence-electron chi connectivity index (χ3n) is 4.24. The average Bonchev–Trinajstić information content (AvgIpc) is 2.84. The van der Waals surface area contributed by atoms with Crippen molar-refractivity contribution in [3.05, 3.63) is 0 Å². The molecule has 19 heavy (non-hydrogen) atoms. The Labute approximate surface area is 114 Å². The summed E-state index contributed by atoms with van der Waals surface area (Å²) in [5, 5.41) is 0. The van der Waals surface area contributed by atoms with Crippen molar-refractivity contribution in [3.63, 3.8) is 0 Å². The van der Waals surface area contributed by atoms with Gasteiger partial charge in [0.25, 0.3) is 0 Å². The van der Waals surface area contributed by atoms with Gasteiger partial charge in [-0.2, -0.15) is 0 Å². The molecule has 0 radical (unpaired) electrons. The summed E-state index contributed by atoms with van der Waals surface area (Å²) in [5.41, 5.74) is 5.99. The molecule has 0 bridgehead atoms. The van der Waals surface area contributed by atoms with Gasteiger partial charge >= 0.3 is 5.97 Å². The number of likely N-dealkylation sites (tertiary alicyclic amines) is 1. The van der Waals surface area contributed by atoms with Crippen LogP contribution in [0.25, 0.3) is 0 Å². The number of nitrogens with two attached hydrogens (primary N) is 1. The Kier molecular flexibility index (Phi) is 4.80. The molecule has 1 saturated carbocycles. The van der Waals surface area contributed by atoms with Crippen LogP contribution in [0.2, 0.25) is 0 Å². The summed E-state index contributed by atoms with van der Waals surface area (Å²) < 4.78 is 5.05. The Morgan fingerprint density at radius 3 is 2.68 bits per heavy atom. The molecule has 2 rings (SSSR count). The smallest absolute Gasteiger partial charge is 0.310 e. The van der Waals surface area contributed by atoms with Gasteiger partial charge in [0, 0.05) is 19.1 Å². The Morgan fingerprint density at radius 2 is 2.05 bits per heavy atom. The van der Waals surface area contributed by atoms with E-state index in [-0.39, 0.29) is 29.8 Å². The summed E-state index contributed by atoms with van der Waals surface area (Å²) in [7, 11) is 0. The highest BCUT2D eigenvalue weighted by molar-refractivity contribution is 5.81. The van der Waals surface area contributed by atoms with Gasteiger partial charge in [-0.25, -0.2) is 0 Å². The third kappa shape index (κ3) is 3.26. The topological polar surface area (TPSA) is 72.6 Å². The van der Waals surface area contributed by atoms with E-state index < -0.39 is 0 Å². The zero-order valence-electron chi connectivity index (χ0n) is 11.6. The molecular formula is C14H24N2O3. The van der Waals surface area contributed by atoms with Crippen LogP contribution in [0, 0.1) is 11.8 Å². The van der Waals surface area contributed by atoms with Gasteiger partial charge in [0.1, 0.15) is 0 Å². The van der Waals surface area contributed by atoms with E-state index in [0.717, 1.165) is 38.6 Å². The molecule has 108 valence electrons. The highest BCUT2D eigenvalue weighted by Gasteiger charge is 2.36. The van der Waals surface area contributed by atoms with Gasteiger partial charge in [-0.15, -0.1) is 0 Å². The molecule has 2 aliphatic rings. The van der Waals surface area contributed by atoms with Crippen molar-refractivity contribution in [2.45, 2.75) is 45.1 Å². The number of hydrogen-bond donors (Lipinski definition) is 1. The number of hydrogen-bond acceptors (Lipinski definition) is 4. The number of ether oxygens (including phenoxy) is 1. The second-order valence-corrected chi connectivity index (χ2v) is 5.58. The number of amides is 1. The van der Waals surface area contributed by atoms with E-state index >= 15 is 0 Å². The Bertz CT molecular complexity index is 346. The molecule has 1 amide bonds. The molecule has 1 aliphatic heterocycles. The van der Waals surface area contributed by atoms with Crippen LogP contribution in [0.5, 0.6) is 0 Å². The van der Waals surface area contributed by atoms with Crippen LogP contribution in [0.3, 0.4) is 0 Å². The SMILES string of the molecule is CCOC(=O)C1CCCN(C(=O)C2CCCC2N)C1. The Balaban J connectivity index is 1.93. The minimum atomic E-state index is -0.171. The lowest BCUT2D eigenvalue weighted by Crippen LogP contribution is -2.47. The van der Waals surface area contributed by atoms with Crippen molar-refractivity contribution in [2.24, 2.45) is 17.6 Å². The van der Waals surface area contributed by atoms with Gasteiger partial charge in [-0.3, -0.25) is 9.59 Å². The molecule has 3 atom stereocenters. The highest BCUT2D eigenvalue weighted by Crippen LogP contribution is 2.28. The Hall–Kier alpha value is -1.10. The first-order valence-corrected chi connectivity index (χ1v) is 7.34. The molecule has 1 heterocycles. The van der Waals surface area contributed by atoms with Crippen LogP contribution in [0.15, 0.2) is 0 Å². The summed E-state index contributed by atoms with van der Waals surface area (Å²) in [4.78, 5) is 26.0. The van der Waals surface area contributed by atoms with Gasteiger partial charge in [0.05, 0.1) is 18.4 Å². The Morgan fingerprint density at radius 1 is 1.26 bits per heavy atom. The number of esters is 1. The highest BCUT2D eigenvalue weighted by atomic mass is 16.5. The van der Waals surface area contributed by atoms with Crippen molar-refractivity contribution in [3.8, 4) is 0 Å². The molecule has 0 spiro atoms. The van der Waals surface area contributed by atoms with E-state index in [1.165, 1.54) is 0 Å². The average molecular weight is 268 g/mol. The van der Waals surface area contributed by atoms with E-state index in [1.807, 2.05) is 4.90 Å². The molecule has 1 aliphatic carbocycles. The number of nitrogens with zero attached hydrogens (tertiary/aromatic N) is 1. The summed E-state index contributed by atoms with van der Waals surface area (Å²) in [6.07, 6.45) is 4.55. The van der Waals surface area contributed by atoms with Gasteiger partial charge in [0.15, 0.2) is 0 Å². The molecule has 2 fully saturated rings. The van der Waals surface area contributed by atoms with Crippen molar-refractivity contribution in [1.82, 2.24) is 4.90 Å². The van der Waals surface area contributed by atoms with Crippen molar-refractivity contribution in [1.29, 1.82) is 0 Å². The fraction of sp³-hybridized carbons (Fsp3) is 0.857. The van der Waals surface area contributed by atoms with Gasteiger partial charge in [0.2, 0.25) is 5.91 Å². The summed E-state index contributed by atoms with van der Waals surface area (Å²) >= 11 is 0. The van der Waals surface area contributed by atoms with Crippen LogP contribution in [-0.4, -0.2) is 42.5 Å². The maximum Gasteiger partial charge on any atom is 0.310 e. The summed E-state index contributed by atoms with van der Waals surface area (Å²) in [6.45, 7) is 3.46. The van der Waals surface area contributed by atoms with E-state index in [9.17, 15) is 9.59 Å². The van der Waals surface area contributed by atoms with Crippen molar-refractivity contribution >= 4 is 11.9 Å². The maximum atomic E-state index is 12.4. The normalized spacial score (nSPS) is 31.3. The van der Waals surface area contributed by atoms with Gasteiger partial charge in [-0.05, 0) is 32.6 Å². The van der Waals surface area contributed by atoms with Crippen LogP contribution in [0.1, 0.15) is 39.0 Å². The maximum absolute atomic E-state index is 12.4. The van der Waals surface area contributed by atoms with Crippen LogP contribution in [0.4, 0.5) is 0 Å². The first-order valence-electron chi connectivity index (χ1n) is 7.34. The second kappa shape index (κ2) is 6.37. The largest absolute Gasteiger partial charge is 0.466 e. The molecule has 5 nitrogen and oxygen atoms in total. The zero-order valence-corrected chi connectivity index (χ0v) is 11.6. The molecule has 2 N–H and O–H groups in total. The first-order chi connectivity index (χ1) is 9.13. The molecule has 1 saturated heterocycles. The summed E-state index contributed by atoms with van der Waals surface area (Å²) in [5.74, 6) is -0.231. The van der Waals surface area contributed by atoms with Crippen LogP contribution >= 0.6 is 0 Å². The van der Waals surface area contributed by atoms with Crippen LogP contribution < -0.4 is 5.73 Å². The third-order valence-corrected chi connectivity index (χ3v) is 4.24. The minimum Gasteiger partial charge on any atom is -0.466 e. The fourth-order valence-corrected chi connectivity index (χ4v) is 3.16.